The van der Waals surface area contributed by atoms with Crippen molar-refractivity contribution in [2.24, 2.45) is 0 Å². The maximum atomic E-state index is 12.4. The summed E-state index contributed by atoms with van der Waals surface area (Å²) in [7, 11) is 1.93. The van der Waals surface area contributed by atoms with E-state index in [0.29, 0.717) is 18.7 Å². The highest BCUT2D eigenvalue weighted by Crippen LogP contribution is 2.36. The number of ketones is 1. The number of carbonyl (C=O) groups is 2. The van der Waals surface area contributed by atoms with Crippen LogP contribution in [0.3, 0.4) is 0 Å². The lowest BCUT2D eigenvalue weighted by molar-refractivity contribution is 0.0579. The van der Waals surface area contributed by atoms with Crippen molar-refractivity contribution in [3.05, 3.63) is 23.8 Å². The van der Waals surface area contributed by atoms with E-state index < -0.39 is 5.60 Å². The number of ether oxygens (including phenoxy) is 1. The number of anilines is 2. The fourth-order valence-corrected chi connectivity index (χ4v) is 2.42. The van der Waals surface area contributed by atoms with Crippen molar-refractivity contribution in [2.45, 2.75) is 33.3 Å². The molecule has 0 N–H and O–H groups in total. The average Bonchev–Trinajstić information content (AvgIpc) is 2.36. The molecule has 5 nitrogen and oxygen atoms in total. The molecule has 0 unspecified atom stereocenters. The first-order chi connectivity index (χ1) is 9.70. The van der Waals surface area contributed by atoms with Crippen molar-refractivity contribution in [3.8, 4) is 0 Å². The SMILES string of the molecule is CC(=O)c1cccc2c1N(C)CCN2C(=O)OC(C)(C)C. The van der Waals surface area contributed by atoms with Crippen LogP contribution in [0.25, 0.3) is 0 Å². The van der Waals surface area contributed by atoms with E-state index in [1.165, 1.54) is 6.92 Å². The fraction of sp³-hybridized carbons (Fsp3) is 0.500. The molecule has 0 bridgehead atoms. The number of Topliss-reactive ketones (excluding diaryl/α,β-unsaturated/α-hetero) is 1. The van der Waals surface area contributed by atoms with Gasteiger partial charge in [-0.15, -0.1) is 0 Å². The Morgan fingerprint density at radius 1 is 1.19 bits per heavy atom. The summed E-state index contributed by atoms with van der Waals surface area (Å²) >= 11 is 0. The molecule has 114 valence electrons. The summed E-state index contributed by atoms with van der Waals surface area (Å²) in [6.07, 6.45) is -0.377. The van der Waals surface area contributed by atoms with Gasteiger partial charge in [0, 0.05) is 25.7 Å². The third kappa shape index (κ3) is 3.17. The van der Waals surface area contributed by atoms with Crippen molar-refractivity contribution in [2.75, 3.05) is 29.9 Å². The normalized spacial score (nSPS) is 14.7. The summed E-state index contributed by atoms with van der Waals surface area (Å²) in [5.74, 6) is -0.00950. The number of nitrogens with zero attached hydrogens (tertiary/aromatic N) is 2. The Labute approximate surface area is 125 Å². The monoisotopic (exact) mass is 290 g/mol. The highest BCUT2D eigenvalue weighted by atomic mass is 16.6. The first-order valence-electron chi connectivity index (χ1n) is 7.06. The van der Waals surface area contributed by atoms with Gasteiger partial charge < -0.3 is 9.64 Å². The predicted octanol–water partition coefficient (Wildman–Crippen LogP) is 3.08. The fourth-order valence-electron chi connectivity index (χ4n) is 2.42. The topological polar surface area (TPSA) is 49.9 Å². The van der Waals surface area contributed by atoms with E-state index in [4.69, 9.17) is 4.74 Å². The summed E-state index contributed by atoms with van der Waals surface area (Å²) in [5, 5.41) is 0. The number of amides is 1. The van der Waals surface area contributed by atoms with Gasteiger partial charge in [-0.2, -0.15) is 0 Å². The number of fused-ring (bicyclic) bond motifs is 1. The van der Waals surface area contributed by atoms with Crippen molar-refractivity contribution in [1.82, 2.24) is 0 Å². The van der Waals surface area contributed by atoms with Crippen LogP contribution in [0.2, 0.25) is 0 Å². The molecule has 0 fully saturated rings. The highest BCUT2D eigenvalue weighted by Gasteiger charge is 2.30. The number of rotatable bonds is 1. The van der Waals surface area contributed by atoms with Crippen LogP contribution in [-0.2, 0) is 4.74 Å². The summed E-state index contributed by atoms with van der Waals surface area (Å²) in [5.41, 5.74) is 1.61. The van der Waals surface area contributed by atoms with E-state index in [1.807, 2.05) is 38.8 Å². The molecule has 5 heteroatoms. The van der Waals surface area contributed by atoms with E-state index in [9.17, 15) is 9.59 Å². The third-order valence-electron chi connectivity index (χ3n) is 3.34. The molecule has 1 aliphatic rings. The number of hydrogen-bond donors (Lipinski definition) is 0. The minimum atomic E-state index is -0.543. The van der Waals surface area contributed by atoms with Gasteiger partial charge in [-0.3, -0.25) is 9.69 Å². The second kappa shape index (κ2) is 5.39. The summed E-state index contributed by atoms with van der Waals surface area (Å²) in [6, 6.07) is 5.43. The number of benzene rings is 1. The van der Waals surface area contributed by atoms with E-state index in [2.05, 4.69) is 0 Å². The minimum absolute atomic E-state index is 0.00950. The molecule has 0 aliphatic carbocycles. The quantitative estimate of drug-likeness (QED) is 0.746. The number of hydrogen-bond acceptors (Lipinski definition) is 4. The Balaban J connectivity index is 2.43. The summed E-state index contributed by atoms with van der Waals surface area (Å²) < 4.78 is 5.45. The Bertz CT molecular complexity index is 575. The number of para-hydroxylation sites is 1. The van der Waals surface area contributed by atoms with Crippen LogP contribution < -0.4 is 9.80 Å². The molecule has 1 aromatic carbocycles. The molecule has 0 saturated carbocycles. The first-order valence-corrected chi connectivity index (χ1v) is 7.06. The molecule has 0 saturated heterocycles. The molecule has 1 amide bonds. The molecule has 1 heterocycles. The van der Waals surface area contributed by atoms with Crippen LogP contribution in [0.5, 0.6) is 0 Å². The lowest BCUT2D eigenvalue weighted by Crippen LogP contribution is -2.45. The molecule has 1 aliphatic heterocycles. The molecular formula is C16H22N2O3. The average molecular weight is 290 g/mol. The van der Waals surface area contributed by atoms with E-state index in [-0.39, 0.29) is 11.9 Å². The van der Waals surface area contributed by atoms with Gasteiger partial charge in [0.25, 0.3) is 0 Å². The molecule has 0 spiro atoms. The largest absolute Gasteiger partial charge is 0.443 e. The zero-order valence-corrected chi connectivity index (χ0v) is 13.3. The van der Waals surface area contributed by atoms with Crippen LogP contribution in [-0.4, -0.2) is 37.6 Å². The maximum Gasteiger partial charge on any atom is 0.414 e. The van der Waals surface area contributed by atoms with Crippen molar-refractivity contribution < 1.29 is 14.3 Å². The summed E-state index contributed by atoms with van der Waals surface area (Å²) in [4.78, 5) is 27.8. The van der Waals surface area contributed by atoms with E-state index >= 15 is 0 Å². The molecule has 2 rings (SSSR count). The van der Waals surface area contributed by atoms with Crippen molar-refractivity contribution in [1.29, 1.82) is 0 Å². The van der Waals surface area contributed by atoms with Crippen molar-refractivity contribution in [3.63, 3.8) is 0 Å². The van der Waals surface area contributed by atoms with Gasteiger partial charge in [-0.25, -0.2) is 4.79 Å². The minimum Gasteiger partial charge on any atom is -0.443 e. The molecular weight excluding hydrogens is 268 g/mol. The van der Waals surface area contributed by atoms with Crippen LogP contribution in [0.4, 0.5) is 16.2 Å². The van der Waals surface area contributed by atoms with Crippen LogP contribution >= 0.6 is 0 Å². The van der Waals surface area contributed by atoms with Crippen LogP contribution in [0.15, 0.2) is 18.2 Å². The van der Waals surface area contributed by atoms with Gasteiger partial charge in [0.05, 0.1) is 11.4 Å². The molecule has 21 heavy (non-hydrogen) atoms. The van der Waals surface area contributed by atoms with E-state index in [1.54, 1.807) is 17.0 Å². The summed E-state index contributed by atoms with van der Waals surface area (Å²) in [6.45, 7) is 8.27. The van der Waals surface area contributed by atoms with Crippen LogP contribution in [0, 0.1) is 0 Å². The van der Waals surface area contributed by atoms with Gasteiger partial charge in [0.1, 0.15) is 5.60 Å². The van der Waals surface area contributed by atoms with Gasteiger partial charge in [0.2, 0.25) is 0 Å². The molecule has 1 aromatic rings. The van der Waals surface area contributed by atoms with E-state index in [0.717, 1.165) is 11.4 Å². The lowest BCUT2D eigenvalue weighted by Gasteiger charge is -2.37. The van der Waals surface area contributed by atoms with Crippen molar-refractivity contribution >= 4 is 23.3 Å². The second-order valence-electron chi connectivity index (χ2n) is 6.28. The highest BCUT2D eigenvalue weighted by molar-refractivity contribution is 6.05. The predicted molar refractivity (Wildman–Crippen MR) is 83.3 cm³/mol. The van der Waals surface area contributed by atoms with Gasteiger partial charge in [0.15, 0.2) is 5.78 Å². The smallest absolute Gasteiger partial charge is 0.414 e. The Morgan fingerprint density at radius 3 is 2.43 bits per heavy atom. The van der Waals surface area contributed by atoms with Gasteiger partial charge >= 0.3 is 6.09 Å². The Hall–Kier alpha value is -2.04. The Morgan fingerprint density at radius 2 is 1.86 bits per heavy atom. The van der Waals surface area contributed by atoms with Gasteiger partial charge in [-0.1, -0.05) is 6.07 Å². The molecule has 0 aromatic heterocycles. The number of likely N-dealkylation sites (N-methyl/N-ethyl adjacent to an activating group) is 1. The lowest BCUT2D eigenvalue weighted by atomic mass is 10.0. The molecule has 0 radical (unpaired) electrons. The second-order valence-corrected chi connectivity index (χ2v) is 6.28. The first kappa shape index (κ1) is 15.4. The Kier molecular flexibility index (Phi) is 3.94. The van der Waals surface area contributed by atoms with Crippen LogP contribution in [0.1, 0.15) is 38.1 Å². The zero-order valence-electron chi connectivity index (χ0n) is 13.3. The number of carbonyl (C=O) groups excluding carboxylic acids is 2. The third-order valence-corrected chi connectivity index (χ3v) is 3.34. The standard InChI is InChI=1S/C16H22N2O3/c1-11(19)12-7-6-8-13-14(12)17(5)9-10-18(13)15(20)21-16(2,3)4/h6-8H,9-10H2,1-5H3. The molecule has 0 atom stereocenters. The maximum absolute atomic E-state index is 12.4. The van der Waals surface area contributed by atoms with Gasteiger partial charge in [-0.05, 0) is 39.8 Å². The zero-order chi connectivity index (χ0) is 15.8.